The van der Waals surface area contributed by atoms with Crippen molar-refractivity contribution in [2.75, 3.05) is 0 Å². The maximum absolute atomic E-state index is 6.03. The van der Waals surface area contributed by atoms with Crippen LogP contribution in [0.4, 0.5) is 0 Å². The van der Waals surface area contributed by atoms with E-state index in [2.05, 4.69) is 33.8 Å². The van der Waals surface area contributed by atoms with Crippen LogP contribution in [-0.4, -0.2) is 11.7 Å². The van der Waals surface area contributed by atoms with E-state index < -0.39 is 0 Å². The molecule has 1 rings (SSSR count). The van der Waals surface area contributed by atoms with E-state index in [0.29, 0.717) is 6.10 Å². The molecule has 0 aromatic heterocycles. The highest BCUT2D eigenvalue weighted by Crippen LogP contribution is 2.32. The molecule has 0 radical (unpaired) electrons. The highest BCUT2D eigenvalue weighted by atomic mass is 16.5. The van der Waals surface area contributed by atoms with E-state index in [1.807, 2.05) is 0 Å². The molecule has 1 aliphatic rings. The summed E-state index contributed by atoms with van der Waals surface area (Å²) in [6, 6.07) is 0. The average molecular weight is 196 g/mol. The predicted molar refractivity (Wildman–Crippen MR) is 61.5 cm³/mol. The molecular formula is C13H24O. The maximum atomic E-state index is 6.03. The van der Waals surface area contributed by atoms with E-state index in [9.17, 15) is 0 Å². The summed E-state index contributed by atoms with van der Waals surface area (Å²) < 4.78 is 6.03. The molecule has 0 amide bonds. The van der Waals surface area contributed by atoms with E-state index in [-0.39, 0.29) is 5.60 Å². The van der Waals surface area contributed by atoms with E-state index in [1.165, 1.54) is 31.3 Å². The molecule has 14 heavy (non-hydrogen) atoms. The van der Waals surface area contributed by atoms with Crippen molar-refractivity contribution < 1.29 is 4.74 Å². The Morgan fingerprint density at radius 2 is 2.21 bits per heavy atom. The van der Waals surface area contributed by atoms with Gasteiger partial charge in [-0.25, -0.2) is 0 Å². The summed E-state index contributed by atoms with van der Waals surface area (Å²) in [5.74, 6) is 0. The van der Waals surface area contributed by atoms with Gasteiger partial charge in [0.2, 0.25) is 0 Å². The number of hydrogen-bond donors (Lipinski definition) is 0. The summed E-state index contributed by atoms with van der Waals surface area (Å²) in [6.45, 7) is 8.78. The molecule has 1 fully saturated rings. The fourth-order valence-electron chi connectivity index (χ4n) is 2.22. The van der Waals surface area contributed by atoms with E-state index in [4.69, 9.17) is 4.74 Å². The normalized spacial score (nSPS) is 32.7. The van der Waals surface area contributed by atoms with Gasteiger partial charge in [0.1, 0.15) is 0 Å². The first kappa shape index (κ1) is 11.8. The Bertz CT molecular complexity index is 203. The zero-order chi connectivity index (χ0) is 10.6. The quantitative estimate of drug-likeness (QED) is 0.618. The number of hydrogen-bond acceptors (Lipinski definition) is 1. The number of allylic oxidation sites excluding steroid dienone is 2. The fraction of sp³-hybridized carbons (Fsp3) is 0.846. The fourth-order valence-corrected chi connectivity index (χ4v) is 2.22. The first-order valence-electron chi connectivity index (χ1n) is 5.83. The van der Waals surface area contributed by atoms with Crippen LogP contribution >= 0.6 is 0 Å². The largest absolute Gasteiger partial charge is 0.372 e. The molecule has 0 aromatic carbocycles. The molecule has 0 spiro atoms. The standard InChI is InChI=1S/C13H24O/c1-11(2)7-5-9-13(4)10-6-8-12(3)14-13/h7,12H,5-6,8-10H2,1-4H3. The topological polar surface area (TPSA) is 9.23 Å². The molecule has 0 N–H and O–H groups in total. The van der Waals surface area contributed by atoms with Crippen LogP contribution < -0.4 is 0 Å². The van der Waals surface area contributed by atoms with Crippen molar-refractivity contribution in [3.05, 3.63) is 11.6 Å². The van der Waals surface area contributed by atoms with E-state index in [1.54, 1.807) is 0 Å². The van der Waals surface area contributed by atoms with Gasteiger partial charge in [-0.1, -0.05) is 11.6 Å². The summed E-state index contributed by atoms with van der Waals surface area (Å²) in [5.41, 5.74) is 1.56. The van der Waals surface area contributed by atoms with Crippen LogP contribution in [0.2, 0.25) is 0 Å². The van der Waals surface area contributed by atoms with Crippen molar-refractivity contribution in [3.8, 4) is 0 Å². The average Bonchev–Trinajstić information content (AvgIpc) is 2.01. The molecule has 1 heteroatoms. The molecule has 1 heterocycles. The molecule has 82 valence electrons. The minimum absolute atomic E-state index is 0.142. The molecule has 0 aromatic rings. The Labute approximate surface area is 88.5 Å². The van der Waals surface area contributed by atoms with Gasteiger partial charge in [-0.15, -0.1) is 0 Å². The van der Waals surface area contributed by atoms with Crippen LogP contribution in [0, 0.1) is 0 Å². The summed E-state index contributed by atoms with van der Waals surface area (Å²) in [5, 5.41) is 0. The van der Waals surface area contributed by atoms with Gasteiger partial charge < -0.3 is 4.74 Å². The zero-order valence-electron chi connectivity index (χ0n) is 10.1. The molecule has 2 unspecified atom stereocenters. The van der Waals surface area contributed by atoms with Gasteiger partial charge in [0.25, 0.3) is 0 Å². The molecular weight excluding hydrogens is 172 g/mol. The lowest BCUT2D eigenvalue weighted by Gasteiger charge is -2.37. The van der Waals surface area contributed by atoms with Gasteiger partial charge >= 0.3 is 0 Å². The SMILES string of the molecule is CC(C)=CCCC1(C)CCCC(C)O1. The van der Waals surface area contributed by atoms with Crippen LogP contribution in [0.5, 0.6) is 0 Å². The Morgan fingerprint density at radius 3 is 2.79 bits per heavy atom. The smallest absolute Gasteiger partial charge is 0.0661 e. The molecule has 1 saturated heterocycles. The van der Waals surface area contributed by atoms with Crippen molar-refractivity contribution in [2.45, 2.75) is 71.5 Å². The monoisotopic (exact) mass is 196 g/mol. The lowest BCUT2D eigenvalue weighted by Crippen LogP contribution is -2.36. The lowest BCUT2D eigenvalue weighted by molar-refractivity contribution is -0.113. The summed E-state index contributed by atoms with van der Waals surface area (Å²) in [4.78, 5) is 0. The zero-order valence-corrected chi connectivity index (χ0v) is 10.1. The van der Waals surface area contributed by atoms with Crippen LogP contribution in [0.15, 0.2) is 11.6 Å². The van der Waals surface area contributed by atoms with Gasteiger partial charge in [-0.2, -0.15) is 0 Å². The summed E-state index contributed by atoms with van der Waals surface area (Å²) in [7, 11) is 0. The molecule has 1 nitrogen and oxygen atoms in total. The highest BCUT2D eigenvalue weighted by Gasteiger charge is 2.30. The van der Waals surface area contributed by atoms with Crippen molar-refractivity contribution in [1.29, 1.82) is 0 Å². The Kier molecular flexibility index (Phi) is 4.18. The minimum Gasteiger partial charge on any atom is -0.372 e. The Hall–Kier alpha value is -0.300. The second kappa shape index (κ2) is 4.97. The third-order valence-corrected chi connectivity index (χ3v) is 3.03. The lowest BCUT2D eigenvalue weighted by atomic mass is 9.89. The van der Waals surface area contributed by atoms with Gasteiger partial charge in [-0.3, -0.25) is 0 Å². The van der Waals surface area contributed by atoms with Crippen molar-refractivity contribution in [3.63, 3.8) is 0 Å². The van der Waals surface area contributed by atoms with E-state index >= 15 is 0 Å². The van der Waals surface area contributed by atoms with Gasteiger partial charge in [0.05, 0.1) is 11.7 Å². The number of ether oxygens (including phenoxy) is 1. The van der Waals surface area contributed by atoms with Gasteiger partial charge in [0.15, 0.2) is 0 Å². The highest BCUT2D eigenvalue weighted by molar-refractivity contribution is 4.94. The Morgan fingerprint density at radius 1 is 1.50 bits per heavy atom. The molecule has 0 aliphatic carbocycles. The third kappa shape index (κ3) is 3.83. The minimum atomic E-state index is 0.142. The first-order chi connectivity index (χ1) is 6.52. The second-order valence-electron chi connectivity index (χ2n) is 5.09. The number of rotatable bonds is 3. The molecule has 0 saturated carbocycles. The van der Waals surface area contributed by atoms with Crippen molar-refractivity contribution >= 4 is 0 Å². The van der Waals surface area contributed by atoms with Crippen molar-refractivity contribution in [1.82, 2.24) is 0 Å². The van der Waals surface area contributed by atoms with Crippen LogP contribution in [0.25, 0.3) is 0 Å². The first-order valence-corrected chi connectivity index (χ1v) is 5.83. The molecule has 0 bridgehead atoms. The second-order valence-corrected chi connectivity index (χ2v) is 5.09. The molecule has 1 aliphatic heterocycles. The predicted octanol–water partition coefficient (Wildman–Crippen LogP) is 4.08. The van der Waals surface area contributed by atoms with E-state index in [0.717, 1.165) is 6.42 Å². The summed E-state index contributed by atoms with van der Waals surface area (Å²) in [6.07, 6.45) is 8.89. The molecule has 2 atom stereocenters. The van der Waals surface area contributed by atoms with Crippen LogP contribution in [-0.2, 0) is 4.74 Å². The third-order valence-electron chi connectivity index (χ3n) is 3.03. The van der Waals surface area contributed by atoms with Crippen molar-refractivity contribution in [2.24, 2.45) is 0 Å². The van der Waals surface area contributed by atoms with Crippen LogP contribution in [0.3, 0.4) is 0 Å². The van der Waals surface area contributed by atoms with Gasteiger partial charge in [0, 0.05) is 0 Å². The summed E-state index contributed by atoms with van der Waals surface area (Å²) >= 11 is 0. The van der Waals surface area contributed by atoms with Crippen LogP contribution in [0.1, 0.15) is 59.8 Å². The Balaban J connectivity index is 2.37. The maximum Gasteiger partial charge on any atom is 0.0661 e. The van der Waals surface area contributed by atoms with Gasteiger partial charge in [-0.05, 0) is 59.8 Å².